The van der Waals surface area contributed by atoms with E-state index in [9.17, 15) is 26.3 Å². The fraction of sp³-hybridized carbons (Fsp3) is 0.100. The quantitative estimate of drug-likeness (QED) is 0.366. The van der Waals surface area contributed by atoms with Gasteiger partial charge in [0.15, 0.2) is 16.7 Å². The Labute approximate surface area is 175 Å². The molecule has 2 aromatic carbocycles. The number of benzene rings is 2. The summed E-state index contributed by atoms with van der Waals surface area (Å²) >= 11 is 0. The highest BCUT2D eigenvalue weighted by molar-refractivity contribution is 5.79. The van der Waals surface area contributed by atoms with Crippen molar-refractivity contribution in [2.24, 2.45) is 5.10 Å². The number of hydrogen-bond acceptors (Lipinski definition) is 4. The minimum Gasteiger partial charge on any atom is -0.283 e. The van der Waals surface area contributed by atoms with Gasteiger partial charge in [0, 0.05) is 5.69 Å². The number of alkyl halides is 6. The van der Waals surface area contributed by atoms with Crippen LogP contribution in [0.2, 0.25) is 0 Å². The van der Waals surface area contributed by atoms with Crippen LogP contribution >= 0.6 is 0 Å². The van der Waals surface area contributed by atoms with Gasteiger partial charge in [-0.15, -0.1) is 0 Å². The van der Waals surface area contributed by atoms with E-state index in [4.69, 9.17) is 5.41 Å². The molecule has 0 aliphatic heterocycles. The molecule has 0 amide bonds. The average Bonchev–Trinajstić information content (AvgIpc) is 3.17. The monoisotopic (exact) mass is 450 g/mol. The normalized spacial score (nSPS) is 12.7. The van der Waals surface area contributed by atoms with Crippen LogP contribution in [0.4, 0.5) is 26.3 Å². The first kappa shape index (κ1) is 21.3. The first-order chi connectivity index (χ1) is 15.0. The SMILES string of the molecule is N=c1c2ncn(-c3ccc(C(F)(F)F)cc3)c2ncn1N=Cc1ccc(C(F)(F)F)cc1. The van der Waals surface area contributed by atoms with Crippen LogP contribution in [0.25, 0.3) is 16.9 Å². The summed E-state index contributed by atoms with van der Waals surface area (Å²) in [6.45, 7) is 0. The number of imidazole rings is 1. The van der Waals surface area contributed by atoms with Crippen LogP contribution < -0.4 is 5.49 Å². The van der Waals surface area contributed by atoms with Gasteiger partial charge in [-0.25, -0.2) is 14.6 Å². The Kier molecular flexibility index (Phi) is 5.07. The second-order valence-electron chi connectivity index (χ2n) is 6.63. The van der Waals surface area contributed by atoms with Crippen LogP contribution in [-0.4, -0.2) is 25.4 Å². The van der Waals surface area contributed by atoms with Gasteiger partial charge in [-0.05, 0) is 42.0 Å². The molecule has 2 aromatic heterocycles. The zero-order chi connectivity index (χ0) is 23.1. The molecule has 0 saturated carbocycles. The number of hydrogen-bond donors (Lipinski definition) is 1. The van der Waals surface area contributed by atoms with Crippen LogP contribution in [-0.2, 0) is 12.4 Å². The molecule has 2 heterocycles. The molecular formula is C20H12F6N6. The van der Waals surface area contributed by atoms with Crippen molar-refractivity contribution in [2.75, 3.05) is 0 Å². The molecule has 4 rings (SSSR count). The van der Waals surface area contributed by atoms with E-state index in [2.05, 4.69) is 15.1 Å². The van der Waals surface area contributed by atoms with Gasteiger partial charge in [-0.2, -0.15) is 31.4 Å². The molecule has 32 heavy (non-hydrogen) atoms. The Morgan fingerprint density at radius 3 is 1.91 bits per heavy atom. The maximum absolute atomic E-state index is 12.8. The van der Waals surface area contributed by atoms with Crippen molar-refractivity contribution in [3.63, 3.8) is 0 Å². The van der Waals surface area contributed by atoms with Crippen molar-refractivity contribution in [2.45, 2.75) is 12.4 Å². The summed E-state index contributed by atoms with van der Waals surface area (Å²) in [6, 6.07) is 8.70. The van der Waals surface area contributed by atoms with Gasteiger partial charge >= 0.3 is 12.4 Å². The first-order valence-corrected chi connectivity index (χ1v) is 8.92. The van der Waals surface area contributed by atoms with Gasteiger partial charge in [-0.1, -0.05) is 12.1 Å². The summed E-state index contributed by atoms with van der Waals surface area (Å²) in [6.07, 6.45) is -5.12. The summed E-state index contributed by atoms with van der Waals surface area (Å²) in [5, 5.41) is 12.3. The molecule has 6 nitrogen and oxygen atoms in total. The number of aromatic nitrogens is 4. The number of nitrogens with one attached hydrogen (secondary N) is 1. The van der Waals surface area contributed by atoms with E-state index in [1.807, 2.05) is 0 Å². The molecule has 0 aliphatic rings. The van der Waals surface area contributed by atoms with Crippen molar-refractivity contribution in [3.05, 3.63) is 83.4 Å². The summed E-state index contributed by atoms with van der Waals surface area (Å²) in [5.74, 6) is 0. The van der Waals surface area contributed by atoms with Crippen LogP contribution in [0.15, 0.2) is 66.3 Å². The minimum absolute atomic E-state index is 0.136. The fourth-order valence-electron chi connectivity index (χ4n) is 2.88. The second-order valence-corrected chi connectivity index (χ2v) is 6.63. The van der Waals surface area contributed by atoms with Crippen LogP contribution in [0.3, 0.4) is 0 Å². The maximum atomic E-state index is 12.8. The van der Waals surface area contributed by atoms with Crippen LogP contribution in [0.5, 0.6) is 0 Å². The molecule has 0 saturated heterocycles. The highest BCUT2D eigenvalue weighted by Gasteiger charge is 2.30. The zero-order valence-corrected chi connectivity index (χ0v) is 15.9. The number of rotatable bonds is 3. The third-order valence-corrected chi connectivity index (χ3v) is 4.53. The van der Waals surface area contributed by atoms with Crippen molar-refractivity contribution in [1.29, 1.82) is 5.41 Å². The molecule has 164 valence electrons. The molecule has 0 aliphatic carbocycles. The first-order valence-electron chi connectivity index (χ1n) is 8.92. The number of halogens is 6. The molecule has 1 N–H and O–H groups in total. The largest absolute Gasteiger partial charge is 0.416 e. The lowest BCUT2D eigenvalue weighted by Crippen LogP contribution is -2.18. The molecule has 12 heteroatoms. The zero-order valence-electron chi connectivity index (χ0n) is 15.9. The van der Waals surface area contributed by atoms with Gasteiger partial charge in [0.2, 0.25) is 0 Å². The summed E-state index contributed by atoms with van der Waals surface area (Å²) in [5.41, 5.74) is -0.633. The number of nitrogens with zero attached hydrogens (tertiary/aromatic N) is 5. The summed E-state index contributed by atoms with van der Waals surface area (Å²) in [7, 11) is 0. The molecule has 4 aromatic rings. The summed E-state index contributed by atoms with van der Waals surface area (Å²) in [4.78, 5) is 8.26. The van der Waals surface area contributed by atoms with Crippen LogP contribution in [0.1, 0.15) is 16.7 Å². The summed E-state index contributed by atoms with van der Waals surface area (Å²) < 4.78 is 78.7. The third kappa shape index (κ3) is 4.11. The third-order valence-electron chi connectivity index (χ3n) is 4.53. The number of fused-ring (bicyclic) bond motifs is 1. The molecule has 0 unspecified atom stereocenters. The van der Waals surface area contributed by atoms with E-state index in [0.29, 0.717) is 11.3 Å². The van der Waals surface area contributed by atoms with Crippen molar-refractivity contribution >= 4 is 17.4 Å². The van der Waals surface area contributed by atoms with Gasteiger partial charge in [0.25, 0.3) is 0 Å². The Balaban J connectivity index is 1.63. The Hall–Kier alpha value is -3.96. The molecule has 0 radical (unpaired) electrons. The molecule has 0 bridgehead atoms. The highest BCUT2D eigenvalue weighted by atomic mass is 19.4. The lowest BCUT2D eigenvalue weighted by atomic mass is 10.1. The predicted molar refractivity (Wildman–Crippen MR) is 102 cm³/mol. The molecular weight excluding hydrogens is 438 g/mol. The van der Waals surface area contributed by atoms with Gasteiger partial charge < -0.3 is 0 Å². The van der Waals surface area contributed by atoms with E-state index >= 15 is 0 Å². The molecule has 0 atom stereocenters. The van der Waals surface area contributed by atoms with Crippen molar-refractivity contribution < 1.29 is 26.3 Å². The topological polar surface area (TPSA) is 71.8 Å². The van der Waals surface area contributed by atoms with Crippen molar-refractivity contribution in [3.8, 4) is 5.69 Å². The fourth-order valence-corrected chi connectivity index (χ4v) is 2.88. The van der Waals surface area contributed by atoms with Gasteiger partial charge in [0.1, 0.15) is 12.7 Å². The Morgan fingerprint density at radius 2 is 1.34 bits per heavy atom. The van der Waals surface area contributed by atoms with E-state index in [1.165, 1.54) is 47.7 Å². The van der Waals surface area contributed by atoms with E-state index in [0.717, 1.165) is 28.9 Å². The van der Waals surface area contributed by atoms with Gasteiger partial charge in [-0.3, -0.25) is 9.98 Å². The van der Waals surface area contributed by atoms with Crippen LogP contribution in [0, 0.1) is 5.41 Å². The average molecular weight is 450 g/mol. The van der Waals surface area contributed by atoms with Gasteiger partial charge in [0.05, 0.1) is 17.3 Å². The molecule has 0 spiro atoms. The lowest BCUT2D eigenvalue weighted by Gasteiger charge is -2.08. The molecule has 0 fully saturated rings. The van der Waals surface area contributed by atoms with E-state index in [-0.39, 0.29) is 16.7 Å². The lowest BCUT2D eigenvalue weighted by molar-refractivity contribution is -0.138. The van der Waals surface area contributed by atoms with Crippen molar-refractivity contribution in [1.82, 2.24) is 19.2 Å². The van der Waals surface area contributed by atoms with E-state index in [1.54, 1.807) is 0 Å². The Bertz CT molecular complexity index is 1350. The second kappa shape index (κ2) is 7.62. The Morgan fingerprint density at radius 1 is 0.781 bits per heavy atom. The maximum Gasteiger partial charge on any atom is 0.416 e. The predicted octanol–water partition coefficient (Wildman–Crippen LogP) is 4.62. The highest BCUT2D eigenvalue weighted by Crippen LogP contribution is 2.30. The van der Waals surface area contributed by atoms with E-state index < -0.39 is 23.5 Å². The standard InChI is InChI=1S/C20H12F6N6/c21-19(22,23)13-3-1-12(2-4-13)9-30-32-11-29-18-16(17(32)27)28-10-31(18)15-7-5-14(6-8-15)20(24,25)26/h1-11,27H. The smallest absolute Gasteiger partial charge is 0.283 e. The minimum atomic E-state index is -4.46.